The molecule has 0 N–H and O–H groups in total. The van der Waals surface area contributed by atoms with E-state index in [-0.39, 0.29) is 5.56 Å². The van der Waals surface area contributed by atoms with E-state index < -0.39 is 10.8 Å². The molecule has 7 heteroatoms. The summed E-state index contributed by atoms with van der Waals surface area (Å²) in [7, 11) is 1.11. The fourth-order valence-corrected chi connectivity index (χ4v) is 4.31. The zero-order valence-electron chi connectivity index (χ0n) is 16.9. The summed E-state index contributed by atoms with van der Waals surface area (Å²) in [4.78, 5) is 18.6. The van der Waals surface area contributed by atoms with E-state index >= 15 is 0 Å². The Kier molecular flexibility index (Phi) is 5.38. The number of benzene rings is 1. The molecule has 1 aliphatic heterocycles. The number of hydrogen-bond donors (Lipinski definition) is 0. The molecule has 1 saturated carbocycles. The second-order valence-corrected chi connectivity index (χ2v) is 9.40. The minimum absolute atomic E-state index is 0.0315. The van der Waals surface area contributed by atoms with Crippen LogP contribution in [-0.2, 0) is 17.3 Å². The molecule has 0 bridgehead atoms. The number of hydrogen-bond acceptors (Lipinski definition) is 5. The predicted octanol–water partition coefficient (Wildman–Crippen LogP) is 2.12. The summed E-state index contributed by atoms with van der Waals surface area (Å²) in [5, 5.41) is 4.76. The van der Waals surface area contributed by atoms with E-state index in [1.807, 2.05) is 31.2 Å². The van der Waals surface area contributed by atoms with Crippen LogP contribution in [0, 0.1) is 12.8 Å². The lowest BCUT2D eigenvalue weighted by molar-refractivity contribution is 0.312. The van der Waals surface area contributed by atoms with Crippen molar-refractivity contribution in [2.75, 3.05) is 44.4 Å². The Balaban J connectivity index is 1.79. The maximum atomic E-state index is 13.3. The number of aromatic nitrogens is 2. The maximum absolute atomic E-state index is 13.3. The molecular weight excluding hydrogens is 372 g/mol. The van der Waals surface area contributed by atoms with Gasteiger partial charge in [-0.05, 0) is 44.9 Å². The second kappa shape index (κ2) is 7.79. The van der Waals surface area contributed by atoms with Gasteiger partial charge in [-0.3, -0.25) is 9.00 Å². The van der Waals surface area contributed by atoms with E-state index in [2.05, 4.69) is 16.8 Å². The first-order chi connectivity index (χ1) is 13.4. The molecule has 6 nitrogen and oxygen atoms in total. The maximum Gasteiger partial charge on any atom is 0.290 e. The van der Waals surface area contributed by atoms with Gasteiger partial charge in [-0.15, -0.1) is 0 Å². The van der Waals surface area contributed by atoms with E-state index in [1.165, 1.54) is 12.8 Å². The van der Waals surface area contributed by atoms with Gasteiger partial charge in [0, 0.05) is 65.8 Å². The van der Waals surface area contributed by atoms with E-state index in [1.54, 1.807) is 10.9 Å². The Hall–Kier alpha value is -1.99. The van der Waals surface area contributed by atoms with Gasteiger partial charge in [0.05, 0.1) is 5.69 Å². The summed E-state index contributed by atoms with van der Waals surface area (Å²) in [5.74, 6) is 0.575. The number of rotatable bonds is 5. The standard InChI is InChI=1S/C21H28N4O2S/c1-15-19(17-6-8-18(9-7-17)28(3)27)22-25(14-16-4-5-16)21(26)20(15)24-12-10-23(2)11-13-24/h6-9,16H,4-5,10-14H2,1-3H3. The van der Waals surface area contributed by atoms with E-state index in [4.69, 9.17) is 5.10 Å². The molecule has 1 aliphatic carbocycles. The van der Waals surface area contributed by atoms with Crippen LogP contribution in [0.3, 0.4) is 0 Å². The highest BCUT2D eigenvalue weighted by Gasteiger charge is 2.27. The fraction of sp³-hybridized carbons (Fsp3) is 0.524. The molecule has 150 valence electrons. The molecule has 0 amide bonds. The minimum Gasteiger partial charge on any atom is -0.364 e. The Morgan fingerprint density at radius 3 is 2.32 bits per heavy atom. The summed E-state index contributed by atoms with van der Waals surface area (Å²) in [5.41, 5.74) is 3.58. The Labute approximate surface area is 168 Å². The van der Waals surface area contributed by atoms with Crippen molar-refractivity contribution in [2.45, 2.75) is 31.2 Å². The molecule has 1 saturated heterocycles. The number of nitrogens with zero attached hydrogens (tertiary/aromatic N) is 4. The average Bonchev–Trinajstić information content (AvgIpc) is 3.50. The summed E-state index contributed by atoms with van der Waals surface area (Å²) in [6.07, 6.45) is 4.04. The van der Waals surface area contributed by atoms with Crippen molar-refractivity contribution in [1.82, 2.24) is 14.7 Å². The number of likely N-dealkylation sites (N-methyl/N-ethyl adjacent to an activating group) is 1. The summed E-state index contributed by atoms with van der Waals surface area (Å²) in [6.45, 7) is 6.32. The topological polar surface area (TPSA) is 58.4 Å². The third-order valence-electron chi connectivity index (χ3n) is 5.78. The van der Waals surface area contributed by atoms with Crippen LogP contribution < -0.4 is 10.5 Å². The monoisotopic (exact) mass is 400 g/mol. The minimum atomic E-state index is -1.01. The zero-order chi connectivity index (χ0) is 19.8. The number of piperazine rings is 1. The first-order valence-electron chi connectivity index (χ1n) is 9.93. The lowest BCUT2D eigenvalue weighted by Gasteiger charge is -2.34. The van der Waals surface area contributed by atoms with Crippen LogP contribution in [0.25, 0.3) is 11.3 Å². The molecule has 2 aliphatic rings. The molecule has 0 spiro atoms. The highest BCUT2D eigenvalue weighted by atomic mass is 32.2. The first kappa shape index (κ1) is 19.3. The molecule has 0 radical (unpaired) electrons. The zero-order valence-corrected chi connectivity index (χ0v) is 17.7. The largest absolute Gasteiger partial charge is 0.364 e. The molecule has 28 heavy (non-hydrogen) atoms. The van der Waals surface area contributed by atoms with Crippen LogP contribution in [0.4, 0.5) is 5.69 Å². The third-order valence-corrected chi connectivity index (χ3v) is 6.71. The number of anilines is 1. The van der Waals surface area contributed by atoms with Crippen molar-refractivity contribution in [3.05, 3.63) is 40.2 Å². The molecule has 1 aromatic carbocycles. The predicted molar refractivity (Wildman–Crippen MR) is 113 cm³/mol. The molecule has 1 unspecified atom stereocenters. The highest BCUT2D eigenvalue weighted by molar-refractivity contribution is 7.84. The van der Waals surface area contributed by atoms with Crippen molar-refractivity contribution < 1.29 is 4.21 Å². The molecule has 1 atom stereocenters. The van der Waals surface area contributed by atoms with E-state index in [0.717, 1.165) is 53.6 Å². The van der Waals surface area contributed by atoms with Crippen molar-refractivity contribution in [3.63, 3.8) is 0 Å². The molecule has 2 fully saturated rings. The van der Waals surface area contributed by atoms with E-state index in [9.17, 15) is 9.00 Å². The lowest BCUT2D eigenvalue weighted by Crippen LogP contribution is -2.47. The van der Waals surface area contributed by atoms with E-state index in [0.29, 0.717) is 12.5 Å². The quantitative estimate of drug-likeness (QED) is 0.769. The van der Waals surface area contributed by atoms with Gasteiger partial charge < -0.3 is 9.80 Å². The van der Waals surface area contributed by atoms with Gasteiger partial charge in [-0.1, -0.05) is 12.1 Å². The van der Waals surface area contributed by atoms with Crippen molar-refractivity contribution in [3.8, 4) is 11.3 Å². The fourth-order valence-electron chi connectivity index (χ4n) is 3.79. The van der Waals surface area contributed by atoms with Gasteiger partial charge in [-0.2, -0.15) is 5.10 Å². The van der Waals surface area contributed by atoms with Gasteiger partial charge in [0.25, 0.3) is 5.56 Å². The second-order valence-electron chi connectivity index (χ2n) is 8.02. The highest BCUT2D eigenvalue weighted by Crippen LogP contribution is 2.32. The third kappa shape index (κ3) is 3.91. The van der Waals surface area contributed by atoms with Crippen LogP contribution in [0.2, 0.25) is 0 Å². The molecule has 2 heterocycles. The SMILES string of the molecule is Cc1c(-c2ccc(S(C)=O)cc2)nn(CC2CC2)c(=O)c1N1CCN(C)CC1. The molecular formula is C21H28N4O2S. The van der Waals surface area contributed by atoms with Crippen LogP contribution in [0.15, 0.2) is 34.0 Å². The Morgan fingerprint density at radius 1 is 1.11 bits per heavy atom. The summed E-state index contributed by atoms with van der Waals surface area (Å²) in [6, 6.07) is 7.70. The summed E-state index contributed by atoms with van der Waals surface area (Å²) < 4.78 is 13.4. The van der Waals surface area contributed by atoms with Crippen LogP contribution in [0.1, 0.15) is 18.4 Å². The van der Waals surface area contributed by atoms with Gasteiger partial charge in [0.1, 0.15) is 5.69 Å². The molecule has 2 aromatic rings. The van der Waals surface area contributed by atoms with Crippen LogP contribution >= 0.6 is 0 Å². The van der Waals surface area contributed by atoms with Gasteiger partial charge in [0.15, 0.2) is 0 Å². The summed E-state index contributed by atoms with van der Waals surface area (Å²) >= 11 is 0. The van der Waals surface area contributed by atoms with Gasteiger partial charge in [0.2, 0.25) is 0 Å². The van der Waals surface area contributed by atoms with Crippen molar-refractivity contribution in [1.29, 1.82) is 0 Å². The van der Waals surface area contributed by atoms with Crippen LogP contribution in [0.5, 0.6) is 0 Å². The Morgan fingerprint density at radius 2 is 1.75 bits per heavy atom. The first-order valence-corrected chi connectivity index (χ1v) is 11.5. The lowest BCUT2D eigenvalue weighted by atomic mass is 10.1. The molecule has 4 rings (SSSR count). The average molecular weight is 401 g/mol. The van der Waals surface area contributed by atoms with Crippen molar-refractivity contribution >= 4 is 16.5 Å². The smallest absolute Gasteiger partial charge is 0.290 e. The van der Waals surface area contributed by atoms with Crippen LogP contribution in [-0.4, -0.2) is 58.4 Å². The normalized spacial score (nSPS) is 19.0. The van der Waals surface area contributed by atoms with Crippen molar-refractivity contribution in [2.24, 2.45) is 5.92 Å². The molecule has 1 aromatic heterocycles. The van der Waals surface area contributed by atoms with Gasteiger partial charge in [-0.25, -0.2) is 4.68 Å². The Bertz CT molecular complexity index is 942. The van der Waals surface area contributed by atoms with Gasteiger partial charge >= 0.3 is 0 Å².